The van der Waals surface area contributed by atoms with Crippen molar-refractivity contribution in [3.63, 3.8) is 0 Å². The van der Waals surface area contributed by atoms with Crippen molar-refractivity contribution in [3.8, 4) is 0 Å². The summed E-state index contributed by atoms with van der Waals surface area (Å²) in [7, 11) is 2.09. The SMILES string of the molecule is CC(O)C(C(=O)OCC1CCCN(C)C1)c1ccccc1. The molecule has 1 fully saturated rings. The molecule has 0 bridgehead atoms. The topological polar surface area (TPSA) is 49.8 Å². The van der Waals surface area contributed by atoms with Crippen LogP contribution < -0.4 is 0 Å². The maximum Gasteiger partial charge on any atom is 0.316 e. The fourth-order valence-corrected chi connectivity index (χ4v) is 2.97. The summed E-state index contributed by atoms with van der Waals surface area (Å²) in [6.45, 7) is 4.16. The average Bonchev–Trinajstić information content (AvgIpc) is 2.46. The van der Waals surface area contributed by atoms with E-state index in [-0.39, 0.29) is 5.97 Å². The van der Waals surface area contributed by atoms with Gasteiger partial charge in [0.25, 0.3) is 0 Å². The Morgan fingerprint density at radius 3 is 2.76 bits per heavy atom. The molecular weight excluding hydrogens is 266 g/mol. The molecule has 0 spiro atoms. The lowest BCUT2D eigenvalue weighted by atomic mass is 9.94. The smallest absolute Gasteiger partial charge is 0.316 e. The van der Waals surface area contributed by atoms with Gasteiger partial charge in [-0.15, -0.1) is 0 Å². The molecular formula is C17H25NO3. The number of aliphatic hydroxyl groups is 1. The Kier molecular flexibility index (Phi) is 5.76. The Hall–Kier alpha value is -1.39. The minimum Gasteiger partial charge on any atom is -0.465 e. The van der Waals surface area contributed by atoms with Gasteiger partial charge < -0.3 is 14.7 Å². The van der Waals surface area contributed by atoms with Gasteiger partial charge in [-0.2, -0.15) is 0 Å². The van der Waals surface area contributed by atoms with E-state index in [1.807, 2.05) is 30.3 Å². The van der Waals surface area contributed by atoms with Crippen LogP contribution in [-0.2, 0) is 9.53 Å². The van der Waals surface area contributed by atoms with E-state index in [0.29, 0.717) is 12.5 Å². The van der Waals surface area contributed by atoms with Crippen molar-refractivity contribution in [1.29, 1.82) is 0 Å². The molecule has 4 heteroatoms. The molecule has 3 atom stereocenters. The summed E-state index contributed by atoms with van der Waals surface area (Å²) in [5.74, 6) is -0.532. The molecule has 2 rings (SSSR count). The largest absolute Gasteiger partial charge is 0.465 e. The third-order valence-corrected chi connectivity index (χ3v) is 4.08. The molecule has 0 saturated carbocycles. The molecule has 4 nitrogen and oxygen atoms in total. The van der Waals surface area contributed by atoms with Gasteiger partial charge in [0.1, 0.15) is 5.92 Å². The number of aliphatic hydroxyl groups excluding tert-OH is 1. The van der Waals surface area contributed by atoms with E-state index < -0.39 is 12.0 Å². The van der Waals surface area contributed by atoms with Crippen molar-refractivity contribution in [2.45, 2.75) is 31.8 Å². The number of carbonyl (C=O) groups is 1. The van der Waals surface area contributed by atoms with E-state index in [2.05, 4.69) is 11.9 Å². The monoisotopic (exact) mass is 291 g/mol. The van der Waals surface area contributed by atoms with Crippen LogP contribution in [0.3, 0.4) is 0 Å². The Morgan fingerprint density at radius 2 is 2.14 bits per heavy atom. The highest BCUT2D eigenvalue weighted by molar-refractivity contribution is 5.78. The quantitative estimate of drug-likeness (QED) is 0.843. The van der Waals surface area contributed by atoms with Crippen molar-refractivity contribution in [2.75, 3.05) is 26.7 Å². The zero-order valence-corrected chi connectivity index (χ0v) is 12.9. The Bertz CT molecular complexity index is 447. The lowest BCUT2D eigenvalue weighted by Crippen LogP contribution is -2.35. The van der Waals surface area contributed by atoms with E-state index in [1.54, 1.807) is 6.92 Å². The van der Waals surface area contributed by atoms with Gasteiger partial charge in [0.05, 0.1) is 12.7 Å². The zero-order valence-electron chi connectivity index (χ0n) is 12.9. The second-order valence-electron chi connectivity index (χ2n) is 6.03. The number of hydrogen-bond acceptors (Lipinski definition) is 4. The molecule has 1 heterocycles. The molecule has 0 amide bonds. The minimum atomic E-state index is -0.756. The first-order valence-electron chi connectivity index (χ1n) is 7.66. The maximum atomic E-state index is 12.3. The molecule has 0 aliphatic carbocycles. The highest BCUT2D eigenvalue weighted by Gasteiger charge is 2.28. The molecule has 1 N–H and O–H groups in total. The number of rotatable bonds is 5. The van der Waals surface area contributed by atoms with Gasteiger partial charge in [-0.05, 0) is 38.9 Å². The summed E-state index contributed by atoms with van der Waals surface area (Å²) in [6, 6.07) is 9.34. The first-order chi connectivity index (χ1) is 10.1. The highest BCUT2D eigenvalue weighted by Crippen LogP contribution is 2.23. The van der Waals surface area contributed by atoms with Gasteiger partial charge in [0.15, 0.2) is 0 Å². The third kappa shape index (κ3) is 4.55. The molecule has 116 valence electrons. The Morgan fingerprint density at radius 1 is 1.43 bits per heavy atom. The van der Waals surface area contributed by atoms with Crippen LogP contribution in [0, 0.1) is 5.92 Å². The van der Waals surface area contributed by atoms with Gasteiger partial charge in [-0.1, -0.05) is 30.3 Å². The molecule has 1 saturated heterocycles. The van der Waals surface area contributed by atoms with Crippen LogP contribution in [0.4, 0.5) is 0 Å². The number of nitrogens with zero attached hydrogens (tertiary/aromatic N) is 1. The standard InChI is InChI=1S/C17H25NO3/c1-13(19)16(15-8-4-3-5-9-15)17(20)21-12-14-7-6-10-18(2)11-14/h3-5,8-9,13-14,16,19H,6-7,10-12H2,1-2H3. The van der Waals surface area contributed by atoms with Crippen LogP contribution in [0.2, 0.25) is 0 Å². The number of hydrogen-bond donors (Lipinski definition) is 1. The number of carbonyl (C=O) groups excluding carboxylic acids is 1. The van der Waals surface area contributed by atoms with Gasteiger partial charge in [-0.3, -0.25) is 4.79 Å². The summed E-state index contributed by atoms with van der Waals surface area (Å²) in [4.78, 5) is 14.6. The van der Waals surface area contributed by atoms with Gasteiger partial charge >= 0.3 is 5.97 Å². The second kappa shape index (κ2) is 7.57. The lowest BCUT2D eigenvalue weighted by molar-refractivity contribution is -0.150. The fourth-order valence-electron chi connectivity index (χ4n) is 2.97. The van der Waals surface area contributed by atoms with Crippen molar-refractivity contribution in [2.24, 2.45) is 5.92 Å². The number of piperidine rings is 1. The number of esters is 1. The van der Waals surface area contributed by atoms with Crippen molar-refractivity contribution < 1.29 is 14.6 Å². The Balaban J connectivity index is 1.93. The van der Waals surface area contributed by atoms with E-state index in [4.69, 9.17) is 4.74 Å². The zero-order chi connectivity index (χ0) is 15.2. The predicted molar refractivity (Wildman–Crippen MR) is 82.0 cm³/mol. The van der Waals surface area contributed by atoms with Crippen LogP contribution in [0.1, 0.15) is 31.2 Å². The molecule has 1 aliphatic heterocycles. The summed E-state index contributed by atoms with van der Waals surface area (Å²) >= 11 is 0. The lowest BCUT2D eigenvalue weighted by Gasteiger charge is -2.29. The van der Waals surface area contributed by atoms with Crippen LogP contribution >= 0.6 is 0 Å². The van der Waals surface area contributed by atoms with Crippen LogP contribution in [0.15, 0.2) is 30.3 Å². The molecule has 3 unspecified atom stereocenters. The molecule has 0 aromatic heterocycles. The molecule has 1 aromatic carbocycles. The molecule has 1 aromatic rings. The average molecular weight is 291 g/mol. The van der Waals surface area contributed by atoms with Crippen molar-refractivity contribution in [3.05, 3.63) is 35.9 Å². The van der Waals surface area contributed by atoms with Crippen molar-refractivity contribution in [1.82, 2.24) is 4.90 Å². The highest BCUT2D eigenvalue weighted by atomic mass is 16.5. The normalized spacial score (nSPS) is 22.5. The van der Waals surface area contributed by atoms with E-state index in [9.17, 15) is 9.90 Å². The molecule has 1 aliphatic rings. The first-order valence-corrected chi connectivity index (χ1v) is 7.66. The summed E-state index contributed by atoms with van der Waals surface area (Å²) in [6.07, 6.45) is 1.49. The Labute approximate surface area is 126 Å². The number of likely N-dealkylation sites (tertiary alicyclic amines) is 1. The summed E-state index contributed by atoms with van der Waals surface area (Å²) in [5.41, 5.74) is 0.804. The van der Waals surface area contributed by atoms with Crippen molar-refractivity contribution >= 4 is 5.97 Å². The van der Waals surface area contributed by atoms with Crippen LogP contribution in [0.25, 0.3) is 0 Å². The fraction of sp³-hybridized carbons (Fsp3) is 0.588. The van der Waals surface area contributed by atoms with Gasteiger partial charge in [-0.25, -0.2) is 0 Å². The van der Waals surface area contributed by atoms with E-state index >= 15 is 0 Å². The molecule has 0 radical (unpaired) electrons. The first kappa shape index (κ1) is 16.0. The van der Waals surface area contributed by atoms with E-state index in [0.717, 1.165) is 31.5 Å². The van der Waals surface area contributed by atoms with Gasteiger partial charge in [0, 0.05) is 12.5 Å². The maximum absolute atomic E-state index is 12.3. The van der Waals surface area contributed by atoms with E-state index in [1.165, 1.54) is 0 Å². The second-order valence-corrected chi connectivity index (χ2v) is 6.03. The minimum absolute atomic E-state index is 0.329. The van der Waals surface area contributed by atoms with Crippen LogP contribution in [0.5, 0.6) is 0 Å². The number of benzene rings is 1. The van der Waals surface area contributed by atoms with Crippen LogP contribution in [-0.4, -0.2) is 48.8 Å². The third-order valence-electron chi connectivity index (χ3n) is 4.08. The predicted octanol–water partition coefficient (Wildman–Crippen LogP) is 2.04. The number of ether oxygens (including phenoxy) is 1. The summed E-state index contributed by atoms with van der Waals surface area (Å²) in [5, 5.41) is 9.91. The summed E-state index contributed by atoms with van der Waals surface area (Å²) < 4.78 is 5.48. The van der Waals surface area contributed by atoms with Gasteiger partial charge in [0.2, 0.25) is 0 Å². The molecule has 21 heavy (non-hydrogen) atoms.